The Kier molecular flexibility index (Phi) is 5.47. The van der Waals surface area contributed by atoms with Crippen LogP contribution in [0.3, 0.4) is 0 Å². The van der Waals surface area contributed by atoms with Gasteiger partial charge < -0.3 is 10.4 Å². The van der Waals surface area contributed by atoms with E-state index in [1.54, 1.807) is 18.3 Å². The maximum absolute atomic E-state index is 12.0. The van der Waals surface area contributed by atoms with E-state index in [4.69, 9.17) is 0 Å². The van der Waals surface area contributed by atoms with Gasteiger partial charge in [-0.15, -0.1) is 0 Å². The molecule has 0 fully saturated rings. The second-order valence-electron chi connectivity index (χ2n) is 4.32. The van der Waals surface area contributed by atoms with Crippen LogP contribution in [0.25, 0.3) is 0 Å². The number of carbonyl (C=O) groups excluding carboxylic acids is 1. The molecule has 19 heavy (non-hydrogen) atoms. The summed E-state index contributed by atoms with van der Waals surface area (Å²) in [6, 6.07) is 3.29. The van der Waals surface area contributed by atoms with Crippen molar-refractivity contribution in [1.29, 1.82) is 0 Å². The fourth-order valence-electron chi connectivity index (χ4n) is 1.78. The summed E-state index contributed by atoms with van der Waals surface area (Å²) in [4.78, 5) is 27.3. The molecule has 0 spiro atoms. The first-order valence-corrected chi connectivity index (χ1v) is 6.88. The SMILES string of the molecule is CCC(CC)(CNC(=O)c1cccnc1Br)C(=O)O. The normalized spacial score (nSPS) is 11.1. The highest BCUT2D eigenvalue weighted by atomic mass is 79.9. The standard InChI is InChI=1S/C13H17BrN2O3/c1-3-13(4-2,12(18)19)8-16-11(17)9-6-5-7-15-10(9)14/h5-7H,3-4,8H2,1-2H3,(H,16,17)(H,18,19). The third kappa shape index (κ3) is 3.53. The van der Waals surface area contributed by atoms with Crippen molar-refractivity contribution in [2.24, 2.45) is 5.41 Å². The van der Waals surface area contributed by atoms with Crippen LogP contribution in [-0.2, 0) is 4.79 Å². The van der Waals surface area contributed by atoms with Gasteiger partial charge >= 0.3 is 5.97 Å². The van der Waals surface area contributed by atoms with Gasteiger partial charge in [0.05, 0.1) is 11.0 Å². The van der Waals surface area contributed by atoms with Gasteiger partial charge in [-0.2, -0.15) is 0 Å². The minimum Gasteiger partial charge on any atom is -0.481 e. The molecular weight excluding hydrogens is 312 g/mol. The van der Waals surface area contributed by atoms with Crippen LogP contribution in [0.1, 0.15) is 37.0 Å². The lowest BCUT2D eigenvalue weighted by atomic mass is 9.82. The van der Waals surface area contributed by atoms with Crippen LogP contribution in [0, 0.1) is 5.41 Å². The van der Waals surface area contributed by atoms with E-state index in [-0.39, 0.29) is 12.5 Å². The topological polar surface area (TPSA) is 79.3 Å². The minimum atomic E-state index is -0.912. The Morgan fingerprint density at radius 2 is 2.05 bits per heavy atom. The maximum Gasteiger partial charge on any atom is 0.311 e. The Morgan fingerprint density at radius 3 is 2.53 bits per heavy atom. The number of aliphatic carboxylic acids is 1. The smallest absolute Gasteiger partial charge is 0.311 e. The number of rotatable bonds is 6. The molecule has 0 aliphatic rings. The van der Waals surface area contributed by atoms with E-state index in [9.17, 15) is 14.7 Å². The third-order valence-electron chi connectivity index (χ3n) is 3.40. The summed E-state index contributed by atoms with van der Waals surface area (Å²) in [6.07, 6.45) is 2.50. The number of pyridine rings is 1. The molecule has 0 bridgehead atoms. The molecule has 0 aromatic carbocycles. The zero-order chi connectivity index (χ0) is 14.5. The lowest BCUT2D eigenvalue weighted by Gasteiger charge is -2.26. The largest absolute Gasteiger partial charge is 0.481 e. The van der Waals surface area contributed by atoms with E-state index in [0.717, 1.165) is 0 Å². The molecule has 1 aromatic heterocycles. The van der Waals surface area contributed by atoms with Crippen LogP contribution in [0.2, 0.25) is 0 Å². The molecule has 1 rings (SSSR count). The van der Waals surface area contributed by atoms with Gasteiger partial charge in [-0.25, -0.2) is 4.98 Å². The number of hydrogen-bond donors (Lipinski definition) is 2. The van der Waals surface area contributed by atoms with Crippen LogP contribution < -0.4 is 5.32 Å². The summed E-state index contributed by atoms with van der Waals surface area (Å²) in [5.41, 5.74) is -0.515. The van der Waals surface area contributed by atoms with Gasteiger partial charge in [0.2, 0.25) is 0 Å². The van der Waals surface area contributed by atoms with E-state index in [1.165, 1.54) is 0 Å². The fraction of sp³-hybridized carbons (Fsp3) is 0.462. The van der Waals surface area contributed by atoms with Crippen molar-refractivity contribution >= 4 is 27.8 Å². The molecule has 0 aliphatic heterocycles. The highest BCUT2D eigenvalue weighted by Gasteiger charge is 2.35. The zero-order valence-electron chi connectivity index (χ0n) is 10.9. The Hall–Kier alpha value is -1.43. The van der Waals surface area contributed by atoms with E-state index in [1.807, 2.05) is 13.8 Å². The van der Waals surface area contributed by atoms with Crippen molar-refractivity contribution in [1.82, 2.24) is 10.3 Å². The van der Waals surface area contributed by atoms with Gasteiger partial charge in [-0.05, 0) is 40.9 Å². The van der Waals surface area contributed by atoms with Gasteiger partial charge in [-0.1, -0.05) is 13.8 Å². The quantitative estimate of drug-likeness (QED) is 0.786. The van der Waals surface area contributed by atoms with Crippen LogP contribution >= 0.6 is 15.9 Å². The molecule has 0 radical (unpaired) electrons. The number of carbonyl (C=O) groups is 2. The van der Waals surface area contributed by atoms with Crippen LogP contribution in [0.15, 0.2) is 22.9 Å². The van der Waals surface area contributed by atoms with Crippen molar-refractivity contribution in [3.63, 3.8) is 0 Å². The summed E-state index contributed by atoms with van der Waals surface area (Å²) >= 11 is 3.19. The summed E-state index contributed by atoms with van der Waals surface area (Å²) < 4.78 is 0.446. The molecule has 104 valence electrons. The van der Waals surface area contributed by atoms with Crippen molar-refractivity contribution < 1.29 is 14.7 Å². The van der Waals surface area contributed by atoms with Crippen LogP contribution in [-0.4, -0.2) is 28.5 Å². The van der Waals surface area contributed by atoms with E-state index in [0.29, 0.717) is 23.0 Å². The Balaban J connectivity index is 2.79. The molecule has 0 aliphatic carbocycles. The average Bonchev–Trinajstić information content (AvgIpc) is 2.40. The highest BCUT2D eigenvalue weighted by molar-refractivity contribution is 9.10. The highest BCUT2D eigenvalue weighted by Crippen LogP contribution is 2.26. The number of aromatic nitrogens is 1. The van der Waals surface area contributed by atoms with Crippen LogP contribution in [0.4, 0.5) is 0 Å². The Morgan fingerprint density at radius 1 is 1.42 bits per heavy atom. The summed E-state index contributed by atoms with van der Waals surface area (Å²) in [5, 5.41) is 12.0. The number of nitrogens with zero attached hydrogens (tertiary/aromatic N) is 1. The second kappa shape index (κ2) is 6.65. The molecule has 2 N–H and O–H groups in total. The van der Waals surface area contributed by atoms with Gasteiger partial charge in [0.15, 0.2) is 0 Å². The summed E-state index contributed by atoms with van der Waals surface area (Å²) in [5.74, 6) is -1.21. The zero-order valence-corrected chi connectivity index (χ0v) is 12.5. The first-order chi connectivity index (χ1) is 8.96. The molecule has 6 heteroatoms. The van der Waals surface area contributed by atoms with Crippen molar-refractivity contribution in [2.75, 3.05) is 6.54 Å². The van der Waals surface area contributed by atoms with Crippen molar-refractivity contribution in [3.05, 3.63) is 28.5 Å². The fourth-order valence-corrected chi connectivity index (χ4v) is 2.21. The molecule has 1 amide bonds. The first-order valence-electron chi connectivity index (χ1n) is 6.09. The Labute approximate surface area is 120 Å². The lowest BCUT2D eigenvalue weighted by molar-refractivity contribution is -0.149. The number of hydrogen-bond acceptors (Lipinski definition) is 3. The predicted octanol–water partition coefficient (Wildman–Crippen LogP) is 2.46. The second-order valence-corrected chi connectivity index (χ2v) is 5.07. The Bertz CT molecular complexity index is 473. The number of nitrogens with one attached hydrogen (secondary N) is 1. The lowest BCUT2D eigenvalue weighted by Crippen LogP contribution is -2.42. The van der Waals surface area contributed by atoms with Crippen molar-refractivity contribution in [3.8, 4) is 0 Å². The molecule has 1 heterocycles. The first kappa shape index (κ1) is 15.6. The molecule has 0 saturated carbocycles. The minimum absolute atomic E-state index is 0.107. The van der Waals surface area contributed by atoms with E-state index >= 15 is 0 Å². The monoisotopic (exact) mass is 328 g/mol. The molecule has 0 atom stereocenters. The van der Waals surface area contributed by atoms with Crippen molar-refractivity contribution in [2.45, 2.75) is 26.7 Å². The molecule has 5 nitrogen and oxygen atoms in total. The van der Waals surface area contributed by atoms with Gasteiger partial charge in [0, 0.05) is 12.7 Å². The van der Waals surface area contributed by atoms with E-state index in [2.05, 4.69) is 26.2 Å². The predicted molar refractivity (Wildman–Crippen MR) is 74.9 cm³/mol. The summed E-state index contributed by atoms with van der Waals surface area (Å²) in [6.45, 7) is 3.73. The van der Waals surface area contributed by atoms with Crippen LogP contribution in [0.5, 0.6) is 0 Å². The van der Waals surface area contributed by atoms with Gasteiger partial charge in [0.1, 0.15) is 4.60 Å². The van der Waals surface area contributed by atoms with Gasteiger partial charge in [-0.3, -0.25) is 9.59 Å². The number of carboxylic acids is 1. The molecular formula is C13H17BrN2O3. The molecule has 0 saturated heterocycles. The van der Waals surface area contributed by atoms with E-state index < -0.39 is 11.4 Å². The third-order valence-corrected chi connectivity index (χ3v) is 4.03. The van der Waals surface area contributed by atoms with Gasteiger partial charge in [0.25, 0.3) is 5.91 Å². The number of amides is 1. The number of halogens is 1. The summed E-state index contributed by atoms with van der Waals surface area (Å²) in [7, 11) is 0. The number of carboxylic acid groups (broad SMARTS) is 1. The molecule has 0 unspecified atom stereocenters. The molecule has 1 aromatic rings. The average molecular weight is 329 g/mol. The maximum atomic E-state index is 12.0.